The van der Waals surface area contributed by atoms with Crippen LogP contribution in [0.4, 0.5) is 0 Å². The zero-order chi connectivity index (χ0) is 13.5. The molecular weight excluding hydrogens is 230 g/mol. The fourth-order valence-corrected chi connectivity index (χ4v) is 2.61. The molecule has 18 heavy (non-hydrogen) atoms. The Balaban J connectivity index is 2.34. The molecule has 1 heterocycles. The first-order valence-electron chi connectivity index (χ1n) is 7.08. The third-order valence-corrected chi connectivity index (χ3v) is 3.79. The molecule has 1 aliphatic heterocycles. The molecule has 1 rings (SSSR count). The van der Waals surface area contributed by atoms with Gasteiger partial charge in [-0.05, 0) is 26.2 Å². The molecule has 0 aromatic carbocycles. The third-order valence-electron chi connectivity index (χ3n) is 3.79. The van der Waals surface area contributed by atoms with Crippen molar-refractivity contribution in [2.75, 3.05) is 6.54 Å². The van der Waals surface area contributed by atoms with Gasteiger partial charge in [0.15, 0.2) is 0 Å². The Kier molecular flexibility index (Phi) is 6.16. The predicted octanol–water partition coefficient (Wildman–Crippen LogP) is 2.67. The number of hydrogen-bond acceptors (Lipinski definition) is 2. The van der Waals surface area contributed by atoms with Crippen molar-refractivity contribution in [1.29, 1.82) is 0 Å². The van der Waals surface area contributed by atoms with Crippen LogP contribution in [0.25, 0.3) is 0 Å². The first-order valence-corrected chi connectivity index (χ1v) is 7.08. The largest absolute Gasteiger partial charge is 0.481 e. The molecule has 2 unspecified atom stereocenters. The second-order valence-electron chi connectivity index (χ2n) is 5.31. The van der Waals surface area contributed by atoms with Crippen molar-refractivity contribution in [3.05, 3.63) is 0 Å². The zero-order valence-corrected chi connectivity index (χ0v) is 11.5. The molecule has 0 aromatic rings. The summed E-state index contributed by atoms with van der Waals surface area (Å²) in [7, 11) is 0. The first kappa shape index (κ1) is 15.0. The smallest absolute Gasteiger partial charge is 0.306 e. The number of amides is 1. The molecule has 104 valence electrons. The van der Waals surface area contributed by atoms with Gasteiger partial charge < -0.3 is 10.0 Å². The number of likely N-dealkylation sites (tertiary alicyclic amines) is 1. The minimum absolute atomic E-state index is 0.0681. The van der Waals surface area contributed by atoms with E-state index >= 15 is 0 Å². The van der Waals surface area contributed by atoms with Crippen molar-refractivity contribution < 1.29 is 14.7 Å². The Bertz CT molecular complexity index is 291. The van der Waals surface area contributed by atoms with Crippen LogP contribution in [0.2, 0.25) is 0 Å². The molecule has 1 saturated heterocycles. The van der Waals surface area contributed by atoms with E-state index in [1.165, 1.54) is 12.8 Å². The molecule has 1 fully saturated rings. The highest BCUT2D eigenvalue weighted by atomic mass is 16.4. The molecule has 0 spiro atoms. The monoisotopic (exact) mass is 255 g/mol. The summed E-state index contributed by atoms with van der Waals surface area (Å²) in [5.41, 5.74) is 0. The predicted molar refractivity (Wildman–Crippen MR) is 70.3 cm³/mol. The molecule has 1 amide bonds. The van der Waals surface area contributed by atoms with Crippen LogP contribution in [0.15, 0.2) is 0 Å². The summed E-state index contributed by atoms with van der Waals surface area (Å²) >= 11 is 0. The second-order valence-corrected chi connectivity index (χ2v) is 5.31. The highest BCUT2D eigenvalue weighted by Gasteiger charge is 2.31. The summed E-state index contributed by atoms with van der Waals surface area (Å²) in [6.07, 6.45) is 6.23. The Morgan fingerprint density at radius 3 is 2.56 bits per heavy atom. The van der Waals surface area contributed by atoms with Crippen LogP contribution in [0.3, 0.4) is 0 Å². The molecule has 0 radical (unpaired) electrons. The SMILES string of the molecule is CCCCCCC(=O)N1CCC(C(=O)O)CC1C. The molecule has 0 saturated carbocycles. The van der Waals surface area contributed by atoms with E-state index in [4.69, 9.17) is 5.11 Å². The van der Waals surface area contributed by atoms with Crippen LogP contribution >= 0.6 is 0 Å². The molecule has 4 nitrogen and oxygen atoms in total. The number of nitrogens with zero attached hydrogens (tertiary/aromatic N) is 1. The normalized spacial score (nSPS) is 24.0. The van der Waals surface area contributed by atoms with Crippen LogP contribution in [-0.2, 0) is 9.59 Å². The van der Waals surface area contributed by atoms with Crippen LogP contribution < -0.4 is 0 Å². The number of unbranched alkanes of at least 4 members (excludes halogenated alkanes) is 3. The fourth-order valence-electron chi connectivity index (χ4n) is 2.61. The van der Waals surface area contributed by atoms with E-state index in [0.29, 0.717) is 25.8 Å². The van der Waals surface area contributed by atoms with Gasteiger partial charge in [0.2, 0.25) is 5.91 Å². The summed E-state index contributed by atoms with van der Waals surface area (Å²) < 4.78 is 0. The minimum atomic E-state index is -0.725. The van der Waals surface area contributed by atoms with Crippen LogP contribution in [0, 0.1) is 5.92 Å². The number of rotatable bonds is 6. The maximum absolute atomic E-state index is 12.0. The van der Waals surface area contributed by atoms with Gasteiger partial charge >= 0.3 is 5.97 Å². The standard InChI is InChI=1S/C14H25NO3/c1-3-4-5-6-7-13(16)15-9-8-12(14(17)18)10-11(15)2/h11-12H,3-10H2,1-2H3,(H,17,18). The van der Waals surface area contributed by atoms with Crippen molar-refractivity contribution in [3.8, 4) is 0 Å². The van der Waals surface area contributed by atoms with Gasteiger partial charge in [0.25, 0.3) is 0 Å². The lowest BCUT2D eigenvalue weighted by molar-refractivity contribution is -0.147. The maximum Gasteiger partial charge on any atom is 0.306 e. The lowest BCUT2D eigenvalue weighted by Crippen LogP contribution is -2.45. The van der Waals surface area contributed by atoms with Crippen molar-refractivity contribution in [1.82, 2.24) is 4.90 Å². The molecule has 0 aliphatic carbocycles. The number of carbonyl (C=O) groups is 2. The van der Waals surface area contributed by atoms with Gasteiger partial charge in [0.1, 0.15) is 0 Å². The van der Waals surface area contributed by atoms with E-state index in [9.17, 15) is 9.59 Å². The van der Waals surface area contributed by atoms with Crippen LogP contribution in [0.1, 0.15) is 58.8 Å². The number of carboxylic acids is 1. The molecule has 4 heteroatoms. The fraction of sp³-hybridized carbons (Fsp3) is 0.857. The Morgan fingerprint density at radius 2 is 2.00 bits per heavy atom. The van der Waals surface area contributed by atoms with E-state index in [1.807, 2.05) is 11.8 Å². The number of piperidine rings is 1. The highest BCUT2D eigenvalue weighted by Crippen LogP contribution is 2.24. The third kappa shape index (κ3) is 4.31. The number of carboxylic acid groups (broad SMARTS) is 1. The Hall–Kier alpha value is -1.06. The molecule has 1 N–H and O–H groups in total. The number of carbonyl (C=O) groups excluding carboxylic acids is 1. The van der Waals surface area contributed by atoms with Crippen molar-refractivity contribution in [2.24, 2.45) is 5.92 Å². The zero-order valence-electron chi connectivity index (χ0n) is 11.5. The average Bonchev–Trinajstić information content (AvgIpc) is 2.34. The lowest BCUT2D eigenvalue weighted by atomic mass is 9.91. The van der Waals surface area contributed by atoms with Gasteiger partial charge in [0.05, 0.1) is 5.92 Å². The average molecular weight is 255 g/mol. The summed E-state index contributed by atoms with van der Waals surface area (Å²) in [5.74, 6) is -0.802. The first-order chi connectivity index (χ1) is 8.56. The molecule has 0 bridgehead atoms. The van der Waals surface area contributed by atoms with E-state index in [0.717, 1.165) is 12.8 Å². The number of hydrogen-bond donors (Lipinski definition) is 1. The van der Waals surface area contributed by atoms with Gasteiger partial charge in [-0.15, -0.1) is 0 Å². The van der Waals surface area contributed by atoms with E-state index in [2.05, 4.69) is 6.92 Å². The summed E-state index contributed by atoms with van der Waals surface area (Å²) in [5, 5.41) is 8.98. The Morgan fingerprint density at radius 1 is 1.28 bits per heavy atom. The van der Waals surface area contributed by atoms with Gasteiger partial charge in [-0.3, -0.25) is 9.59 Å². The molecular formula is C14H25NO3. The van der Waals surface area contributed by atoms with Gasteiger partial charge in [-0.25, -0.2) is 0 Å². The van der Waals surface area contributed by atoms with Gasteiger partial charge in [-0.1, -0.05) is 26.2 Å². The van der Waals surface area contributed by atoms with E-state index in [-0.39, 0.29) is 17.9 Å². The van der Waals surface area contributed by atoms with Gasteiger partial charge in [-0.2, -0.15) is 0 Å². The highest BCUT2D eigenvalue weighted by molar-refractivity contribution is 5.77. The molecule has 0 aromatic heterocycles. The summed E-state index contributed by atoms with van der Waals surface area (Å²) in [4.78, 5) is 24.8. The van der Waals surface area contributed by atoms with Crippen molar-refractivity contribution >= 4 is 11.9 Å². The quantitative estimate of drug-likeness (QED) is 0.742. The van der Waals surface area contributed by atoms with Gasteiger partial charge in [0, 0.05) is 19.0 Å². The summed E-state index contributed by atoms with van der Waals surface area (Å²) in [6, 6.07) is 0.0681. The molecule has 1 aliphatic rings. The second kappa shape index (κ2) is 7.39. The topological polar surface area (TPSA) is 57.6 Å². The van der Waals surface area contributed by atoms with E-state index in [1.54, 1.807) is 0 Å². The minimum Gasteiger partial charge on any atom is -0.481 e. The van der Waals surface area contributed by atoms with Crippen molar-refractivity contribution in [2.45, 2.75) is 64.8 Å². The van der Waals surface area contributed by atoms with Crippen LogP contribution in [-0.4, -0.2) is 34.5 Å². The summed E-state index contributed by atoms with van der Waals surface area (Å²) in [6.45, 7) is 4.71. The van der Waals surface area contributed by atoms with Crippen molar-refractivity contribution in [3.63, 3.8) is 0 Å². The number of aliphatic carboxylic acids is 1. The maximum atomic E-state index is 12.0. The van der Waals surface area contributed by atoms with Crippen LogP contribution in [0.5, 0.6) is 0 Å². The molecule has 2 atom stereocenters. The Labute approximate surface area is 109 Å². The van der Waals surface area contributed by atoms with E-state index < -0.39 is 5.97 Å². The lowest BCUT2D eigenvalue weighted by Gasteiger charge is -2.36.